The van der Waals surface area contributed by atoms with Gasteiger partial charge in [-0.3, -0.25) is 20.4 Å². The van der Waals surface area contributed by atoms with Gasteiger partial charge in [0.15, 0.2) is 0 Å². The number of hydrogen-bond acceptors (Lipinski definition) is 9. The van der Waals surface area contributed by atoms with E-state index in [2.05, 4.69) is 20.9 Å². The first-order valence-electron chi connectivity index (χ1n) is 15.4. The highest BCUT2D eigenvalue weighted by atomic mass is 16.6. The van der Waals surface area contributed by atoms with Crippen LogP contribution in [0.15, 0.2) is 96.0 Å². The topological polar surface area (TPSA) is 154 Å². The van der Waals surface area contributed by atoms with Crippen LogP contribution >= 0.6 is 0 Å². The molecule has 2 atom stereocenters. The molecule has 250 valence electrons. The van der Waals surface area contributed by atoms with Crippen LogP contribution in [0.4, 0.5) is 9.59 Å². The van der Waals surface area contributed by atoms with Crippen molar-refractivity contribution in [2.45, 2.75) is 64.6 Å². The quantitative estimate of drug-likeness (QED) is 0.0458. The first-order chi connectivity index (χ1) is 22.8. The number of unbranched alkanes of at least 4 members (excludes halogenated alkanes) is 3. The fraction of sp³-hybridized carbons (Fsp3) is 0.343. The predicted octanol–water partition coefficient (Wildman–Crippen LogP) is 5.54. The van der Waals surface area contributed by atoms with E-state index in [1.165, 1.54) is 7.11 Å². The Morgan fingerprint density at radius 1 is 0.702 bits per heavy atom. The van der Waals surface area contributed by atoms with Gasteiger partial charge in [-0.2, -0.15) is 0 Å². The number of methoxy groups -OCH3 is 1. The van der Waals surface area contributed by atoms with Crippen molar-refractivity contribution in [2.24, 2.45) is 4.99 Å². The molecule has 3 amide bonds. The molecule has 0 heterocycles. The van der Waals surface area contributed by atoms with Gasteiger partial charge in [0, 0.05) is 13.0 Å². The summed E-state index contributed by atoms with van der Waals surface area (Å²) in [6.45, 7) is 2.17. The van der Waals surface area contributed by atoms with E-state index in [0.717, 1.165) is 23.1 Å². The maximum absolute atomic E-state index is 12.5. The summed E-state index contributed by atoms with van der Waals surface area (Å²) in [7, 11) is 1.23. The number of carbonyl (C=O) groups excluding carboxylic acids is 4. The number of amides is 3. The van der Waals surface area contributed by atoms with Gasteiger partial charge in [-0.05, 0) is 36.5 Å². The second-order valence-corrected chi connectivity index (χ2v) is 10.4. The number of ether oxygens (including phenoxy) is 4. The zero-order valence-electron chi connectivity index (χ0n) is 26.7. The van der Waals surface area contributed by atoms with Crippen LogP contribution in [0.2, 0.25) is 0 Å². The summed E-state index contributed by atoms with van der Waals surface area (Å²) in [5, 5.41) is 7.53. The largest absolute Gasteiger partial charge is 0.466 e. The Labute approximate surface area is 274 Å². The third kappa shape index (κ3) is 14.6. The Bertz CT molecular complexity index is 1360. The van der Waals surface area contributed by atoms with Crippen molar-refractivity contribution in [1.82, 2.24) is 16.0 Å². The number of guanidine groups is 1. The second kappa shape index (κ2) is 20.7. The van der Waals surface area contributed by atoms with Gasteiger partial charge in [-0.15, -0.1) is 0 Å². The molecular weight excluding hydrogens is 604 g/mol. The summed E-state index contributed by atoms with van der Waals surface area (Å²) in [6, 6.07) is 27.7. The molecule has 0 aromatic heterocycles. The van der Waals surface area contributed by atoms with E-state index in [0.29, 0.717) is 19.3 Å². The highest BCUT2D eigenvalue weighted by molar-refractivity contribution is 6.01. The Hall–Kier alpha value is -5.23. The van der Waals surface area contributed by atoms with Crippen LogP contribution < -0.4 is 16.0 Å². The van der Waals surface area contributed by atoms with E-state index < -0.39 is 30.5 Å². The number of rotatable bonds is 16. The van der Waals surface area contributed by atoms with Crippen molar-refractivity contribution in [2.75, 3.05) is 13.7 Å². The fourth-order valence-corrected chi connectivity index (χ4v) is 4.24. The monoisotopic (exact) mass is 646 g/mol. The van der Waals surface area contributed by atoms with E-state index in [-0.39, 0.29) is 38.0 Å². The molecule has 0 aliphatic rings. The minimum atomic E-state index is -1.23. The van der Waals surface area contributed by atoms with E-state index in [1.807, 2.05) is 91.0 Å². The van der Waals surface area contributed by atoms with E-state index in [4.69, 9.17) is 18.9 Å². The zero-order chi connectivity index (χ0) is 33.7. The van der Waals surface area contributed by atoms with Gasteiger partial charge in [-0.1, -0.05) is 104 Å². The van der Waals surface area contributed by atoms with Crippen molar-refractivity contribution in [3.8, 4) is 0 Å². The molecule has 3 aromatic rings. The van der Waals surface area contributed by atoms with Crippen molar-refractivity contribution in [1.29, 1.82) is 0 Å². The molecule has 0 spiro atoms. The lowest BCUT2D eigenvalue weighted by molar-refractivity contribution is -0.163. The number of nitrogens with zero attached hydrogens (tertiary/aromatic N) is 1. The van der Waals surface area contributed by atoms with Crippen molar-refractivity contribution in [3.63, 3.8) is 0 Å². The summed E-state index contributed by atoms with van der Waals surface area (Å²) in [6.07, 6.45) is -0.420. The first kappa shape index (κ1) is 36.2. The molecule has 0 aliphatic heterocycles. The molecule has 12 nitrogen and oxygen atoms in total. The Morgan fingerprint density at radius 2 is 1.21 bits per heavy atom. The second-order valence-electron chi connectivity index (χ2n) is 10.4. The number of benzene rings is 3. The van der Waals surface area contributed by atoms with Crippen LogP contribution in [0.5, 0.6) is 0 Å². The number of aliphatic imine (C=N–C) groups is 1. The van der Waals surface area contributed by atoms with Crippen LogP contribution in [0.25, 0.3) is 0 Å². The van der Waals surface area contributed by atoms with Gasteiger partial charge in [-0.25, -0.2) is 14.4 Å². The minimum absolute atomic E-state index is 0.0462. The Kier molecular flexibility index (Phi) is 16.0. The average molecular weight is 647 g/mol. The summed E-state index contributed by atoms with van der Waals surface area (Å²) in [4.78, 5) is 53.9. The lowest BCUT2D eigenvalue weighted by Gasteiger charge is -2.21. The lowest BCUT2D eigenvalue weighted by atomic mass is 10.1. The SMILES string of the molecule is COC(=O)[C@H](NC(=O)CCCCCCN=C(NC(=O)OCc1ccccc1)NC(=O)OCc1ccccc1)O[C@@H](C)c1ccccc1. The normalized spacial score (nSPS) is 11.7. The molecule has 3 N–H and O–H groups in total. The van der Waals surface area contributed by atoms with Gasteiger partial charge in [0.25, 0.3) is 0 Å². The maximum atomic E-state index is 12.5. The Balaban J connectivity index is 1.42. The summed E-state index contributed by atoms with van der Waals surface area (Å²) >= 11 is 0. The third-order valence-corrected chi connectivity index (χ3v) is 6.76. The number of alkyl carbamates (subject to hydrolysis) is 2. The van der Waals surface area contributed by atoms with Crippen LogP contribution in [0.3, 0.4) is 0 Å². The molecular formula is C35H42N4O8. The summed E-state index contributed by atoms with van der Waals surface area (Å²) < 4.78 is 21.1. The molecule has 3 aromatic carbocycles. The molecule has 0 aliphatic carbocycles. The molecule has 0 saturated heterocycles. The maximum Gasteiger partial charge on any atom is 0.414 e. The van der Waals surface area contributed by atoms with Crippen LogP contribution in [0, 0.1) is 0 Å². The van der Waals surface area contributed by atoms with Crippen LogP contribution in [0.1, 0.15) is 61.8 Å². The first-order valence-corrected chi connectivity index (χ1v) is 15.4. The Morgan fingerprint density at radius 3 is 1.74 bits per heavy atom. The van der Waals surface area contributed by atoms with Gasteiger partial charge < -0.3 is 24.3 Å². The van der Waals surface area contributed by atoms with Gasteiger partial charge in [0.1, 0.15) is 13.2 Å². The summed E-state index contributed by atoms with van der Waals surface area (Å²) in [5.41, 5.74) is 2.47. The highest BCUT2D eigenvalue weighted by Crippen LogP contribution is 2.18. The molecule has 0 radical (unpaired) electrons. The molecule has 47 heavy (non-hydrogen) atoms. The minimum Gasteiger partial charge on any atom is -0.466 e. The number of hydrogen-bond donors (Lipinski definition) is 3. The van der Waals surface area contributed by atoms with Crippen molar-refractivity contribution in [3.05, 3.63) is 108 Å². The standard InChI is InChI=1S/C35H42N4O8/c1-26(29-20-12-7-13-21-29)47-31(32(41)44-2)37-30(40)22-14-3-4-15-23-36-33(38-34(42)45-24-27-16-8-5-9-17-27)39-35(43)46-25-28-18-10-6-11-19-28/h5-13,16-21,26,31H,3-4,14-15,22-25H2,1-2H3,(H,37,40)(H2,36,38,39,42,43)/t26-,31+/m0/s1. The number of esters is 1. The van der Waals surface area contributed by atoms with Gasteiger partial charge in [0.2, 0.25) is 18.1 Å². The van der Waals surface area contributed by atoms with Crippen molar-refractivity contribution >= 4 is 30.0 Å². The average Bonchev–Trinajstić information content (AvgIpc) is 3.10. The smallest absolute Gasteiger partial charge is 0.414 e. The van der Waals surface area contributed by atoms with Gasteiger partial charge in [0.05, 0.1) is 13.2 Å². The molecule has 0 fully saturated rings. The number of nitrogens with one attached hydrogen (secondary N) is 3. The molecule has 0 unspecified atom stereocenters. The molecule has 0 saturated carbocycles. The van der Waals surface area contributed by atoms with Crippen LogP contribution in [-0.2, 0) is 41.8 Å². The van der Waals surface area contributed by atoms with Crippen molar-refractivity contribution < 1.29 is 38.1 Å². The molecule has 3 rings (SSSR count). The predicted molar refractivity (Wildman–Crippen MR) is 175 cm³/mol. The van der Waals surface area contributed by atoms with E-state index in [9.17, 15) is 19.2 Å². The van der Waals surface area contributed by atoms with Gasteiger partial charge >= 0.3 is 18.2 Å². The highest BCUT2D eigenvalue weighted by Gasteiger charge is 2.25. The lowest BCUT2D eigenvalue weighted by Crippen LogP contribution is -2.44. The zero-order valence-corrected chi connectivity index (χ0v) is 26.7. The van der Waals surface area contributed by atoms with Crippen LogP contribution in [-0.4, -0.2) is 49.9 Å². The third-order valence-electron chi connectivity index (χ3n) is 6.76. The van der Waals surface area contributed by atoms with E-state index >= 15 is 0 Å². The fourth-order valence-electron chi connectivity index (χ4n) is 4.24. The van der Waals surface area contributed by atoms with E-state index in [1.54, 1.807) is 6.92 Å². The summed E-state index contributed by atoms with van der Waals surface area (Å²) in [5.74, 6) is -1.12. The molecule has 12 heteroatoms. The number of carbonyl (C=O) groups is 4. The molecule has 0 bridgehead atoms.